The Bertz CT molecular complexity index is 1300. The third kappa shape index (κ3) is 7.21. The molecule has 1 aliphatic carbocycles. The monoisotopic (exact) mass is 616 g/mol. The van der Waals surface area contributed by atoms with Crippen LogP contribution >= 0.6 is 0 Å². The lowest BCUT2D eigenvalue weighted by atomic mass is 9.91. The Morgan fingerprint density at radius 2 is 1.53 bits per heavy atom. The van der Waals surface area contributed by atoms with Gasteiger partial charge in [0.05, 0.1) is 7.11 Å². The first-order chi connectivity index (χ1) is 20.1. The lowest BCUT2D eigenvalue weighted by Crippen LogP contribution is -2.58. The highest BCUT2D eigenvalue weighted by atomic mass is 19.4. The fourth-order valence-corrected chi connectivity index (χ4v) is 4.76. The minimum Gasteiger partial charge on any atom is -0.467 e. The molecule has 0 radical (unpaired) electrons. The van der Waals surface area contributed by atoms with Crippen LogP contribution in [0.4, 0.5) is 36.8 Å². The zero-order chi connectivity index (χ0) is 31.6. The number of amides is 3. The van der Waals surface area contributed by atoms with E-state index in [9.17, 15) is 45.8 Å². The predicted octanol–water partition coefficient (Wildman–Crippen LogP) is 4.03. The minimum absolute atomic E-state index is 0.0178. The molecule has 4 rings (SSSR count). The molecule has 15 heteroatoms. The number of hydrogen-bond acceptors (Lipinski definition) is 6. The summed E-state index contributed by atoms with van der Waals surface area (Å²) in [6, 6.07) is 7.89. The molecule has 1 heterocycles. The summed E-state index contributed by atoms with van der Waals surface area (Å²) in [4.78, 5) is 40.9. The molecule has 2 aliphatic rings. The van der Waals surface area contributed by atoms with Crippen LogP contribution in [0.15, 0.2) is 48.5 Å². The van der Waals surface area contributed by atoms with Crippen molar-refractivity contribution in [1.29, 1.82) is 0 Å². The van der Waals surface area contributed by atoms with Crippen LogP contribution in [0.5, 0.6) is 0 Å². The summed E-state index contributed by atoms with van der Waals surface area (Å²) in [7, 11) is 1.15. The van der Waals surface area contributed by atoms with Gasteiger partial charge in [-0.2, -0.15) is 26.3 Å². The molecule has 43 heavy (non-hydrogen) atoms. The van der Waals surface area contributed by atoms with Gasteiger partial charge in [-0.1, -0.05) is 24.3 Å². The molecular weight excluding hydrogens is 586 g/mol. The van der Waals surface area contributed by atoms with E-state index in [0.29, 0.717) is 35.8 Å². The molecule has 2 aromatic carbocycles. The highest BCUT2D eigenvalue weighted by Crippen LogP contribution is 2.50. The van der Waals surface area contributed by atoms with Crippen molar-refractivity contribution < 1.29 is 50.6 Å². The number of carbonyl (C=O) groups is 3. The molecule has 0 spiro atoms. The Hall–Kier alpha value is -3.85. The van der Waals surface area contributed by atoms with Gasteiger partial charge in [-0.15, -0.1) is 0 Å². The zero-order valence-corrected chi connectivity index (χ0v) is 23.0. The van der Waals surface area contributed by atoms with Crippen molar-refractivity contribution in [2.75, 3.05) is 38.6 Å². The van der Waals surface area contributed by atoms with E-state index in [2.05, 4.69) is 10.6 Å². The van der Waals surface area contributed by atoms with E-state index < -0.39 is 41.4 Å². The number of aliphatic hydroxyl groups is 1. The number of carbonyl (C=O) groups excluding carboxylic acids is 3. The largest absolute Gasteiger partial charge is 0.467 e. The highest BCUT2D eigenvalue weighted by Gasteiger charge is 2.71. The number of esters is 1. The summed E-state index contributed by atoms with van der Waals surface area (Å²) in [5, 5.41) is 15.0. The summed E-state index contributed by atoms with van der Waals surface area (Å²) in [6.07, 6.45) is -9.81. The van der Waals surface area contributed by atoms with E-state index in [4.69, 9.17) is 4.74 Å². The van der Waals surface area contributed by atoms with Crippen LogP contribution in [0.1, 0.15) is 34.3 Å². The molecule has 9 nitrogen and oxygen atoms in total. The van der Waals surface area contributed by atoms with Gasteiger partial charge in [-0.25, -0.2) is 9.59 Å². The second kappa shape index (κ2) is 12.4. The van der Waals surface area contributed by atoms with Crippen molar-refractivity contribution in [3.63, 3.8) is 0 Å². The van der Waals surface area contributed by atoms with Crippen LogP contribution in [0.2, 0.25) is 0 Å². The van der Waals surface area contributed by atoms with E-state index in [1.165, 1.54) is 17.0 Å². The van der Waals surface area contributed by atoms with E-state index in [0.717, 1.165) is 32.1 Å². The van der Waals surface area contributed by atoms with Crippen LogP contribution in [-0.4, -0.2) is 84.5 Å². The molecule has 3 N–H and O–H groups in total. The SMILES string of the molecule is COC(=O)C1CN(Cc2ccc(C(O)(C(F)(F)F)C(F)(F)F)cc2)CCN1C(=O)c1ccc(NC(=O)NCC2CC2)cc1. The van der Waals surface area contributed by atoms with Crippen LogP contribution in [0.3, 0.4) is 0 Å². The topological polar surface area (TPSA) is 111 Å². The molecule has 0 bridgehead atoms. The van der Waals surface area contributed by atoms with Gasteiger partial charge < -0.3 is 25.4 Å². The highest BCUT2D eigenvalue weighted by molar-refractivity contribution is 5.98. The van der Waals surface area contributed by atoms with Crippen molar-refractivity contribution in [1.82, 2.24) is 15.1 Å². The van der Waals surface area contributed by atoms with Crippen LogP contribution in [-0.2, 0) is 21.7 Å². The van der Waals surface area contributed by atoms with Gasteiger partial charge >= 0.3 is 24.4 Å². The minimum atomic E-state index is -6.00. The average Bonchev–Trinajstić information content (AvgIpc) is 3.79. The van der Waals surface area contributed by atoms with Crippen LogP contribution in [0.25, 0.3) is 0 Å². The standard InChI is InChI=1S/C28H30F6N4O5/c1-43-24(40)22-16-37(15-18-4-8-20(9-5-18)26(42,27(29,30)31)28(32,33)34)12-13-38(22)23(39)19-6-10-21(11-7-19)36-25(41)35-14-17-2-3-17/h4-11,17,22,42H,2-3,12-16H2,1H3,(H2,35,36,41). The Balaban J connectivity index is 1.41. The number of hydrogen-bond donors (Lipinski definition) is 3. The van der Waals surface area contributed by atoms with Gasteiger partial charge in [0.25, 0.3) is 11.5 Å². The molecule has 234 valence electrons. The quantitative estimate of drug-likeness (QED) is 0.305. The maximum Gasteiger partial charge on any atom is 0.430 e. The Labute approximate surface area is 242 Å². The number of nitrogens with one attached hydrogen (secondary N) is 2. The molecule has 2 aromatic rings. The molecule has 3 amide bonds. The van der Waals surface area contributed by atoms with Crippen molar-refractivity contribution in [3.8, 4) is 0 Å². The second-order valence-corrected chi connectivity index (χ2v) is 10.5. The molecule has 0 aromatic heterocycles. The first-order valence-electron chi connectivity index (χ1n) is 13.4. The van der Waals surface area contributed by atoms with Crippen molar-refractivity contribution in [2.45, 2.75) is 43.4 Å². The van der Waals surface area contributed by atoms with E-state index in [-0.39, 0.29) is 37.8 Å². The molecule has 1 saturated carbocycles. The van der Waals surface area contributed by atoms with Crippen molar-refractivity contribution in [2.24, 2.45) is 5.92 Å². The molecule has 1 saturated heterocycles. The van der Waals surface area contributed by atoms with Crippen LogP contribution in [0, 0.1) is 5.92 Å². The number of benzene rings is 2. The molecule has 2 fully saturated rings. The van der Waals surface area contributed by atoms with Crippen molar-refractivity contribution >= 4 is 23.6 Å². The summed E-state index contributed by atoms with van der Waals surface area (Å²) >= 11 is 0. The summed E-state index contributed by atoms with van der Waals surface area (Å²) in [5.74, 6) is -0.667. The lowest BCUT2D eigenvalue weighted by Gasteiger charge is -2.40. The average molecular weight is 617 g/mol. The number of urea groups is 1. The smallest absolute Gasteiger partial charge is 0.430 e. The van der Waals surface area contributed by atoms with Gasteiger partial charge in [0.1, 0.15) is 6.04 Å². The van der Waals surface area contributed by atoms with Gasteiger partial charge in [0, 0.05) is 49.5 Å². The Morgan fingerprint density at radius 3 is 2.07 bits per heavy atom. The zero-order valence-electron chi connectivity index (χ0n) is 23.0. The van der Waals surface area contributed by atoms with E-state index in [1.54, 1.807) is 17.0 Å². The van der Waals surface area contributed by atoms with E-state index >= 15 is 0 Å². The maximum atomic E-state index is 13.3. The number of alkyl halides is 6. The van der Waals surface area contributed by atoms with Gasteiger partial charge in [-0.05, 0) is 48.6 Å². The molecule has 1 aliphatic heterocycles. The summed E-state index contributed by atoms with van der Waals surface area (Å²) in [5.41, 5.74) is -5.36. The normalized spacial score (nSPS) is 18.2. The fourth-order valence-electron chi connectivity index (χ4n) is 4.76. The lowest BCUT2D eigenvalue weighted by molar-refractivity contribution is -0.376. The Morgan fingerprint density at radius 1 is 0.930 bits per heavy atom. The van der Waals surface area contributed by atoms with Gasteiger partial charge in [-0.3, -0.25) is 9.69 Å². The number of methoxy groups -OCH3 is 1. The second-order valence-electron chi connectivity index (χ2n) is 10.5. The van der Waals surface area contributed by atoms with E-state index in [1.807, 2.05) is 0 Å². The van der Waals surface area contributed by atoms with Gasteiger partial charge in [0.15, 0.2) is 0 Å². The van der Waals surface area contributed by atoms with Crippen LogP contribution < -0.4 is 10.6 Å². The predicted molar refractivity (Wildman–Crippen MR) is 141 cm³/mol. The number of nitrogens with zero attached hydrogens (tertiary/aromatic N) is 2. The molecular formula is C28H30F6N4O5. The summed E-state index contributed by atoms with van der Waals surface area (Å²) in [6.45, 7) is 0.915. The first kappa shape index (κ1) is 32.1. The first-order valence-corrected chi connectivity index (χ1v) is 13.4. The third-order valence-corrected chi connectivity index (χ3v) is 7.43. The number of piperazine rings is 1. The molecule has 1 unspecified atom stereocenters. The fraction of sp³-hybridized carbons (Fsp3) is 0.464. The summed E-state index contributed by atoms with van der Waals surface area (Å²) < 4.78 is 84.0. The number of anilines is 1. The number of ether oxygens (including phenoxy) is 1. The third-order valence-electron chi connectivity index (χ3n) is 7.43. The number of rotatable bonds is 8. The Kier molecular flexibility index (Phi) is 9.25. The number of halogens is 6. The van der Waals surface area contributed by atoms with Crippen molar-refractivity contribution in [3.05, 3.63) is 65.2 Å². The maximum absolute atomic E-state index is 13.3. The molecule has 1 atom stereocenters. The van der Waals surface area contributed by atoms with Gasteiger partial charge in [0.2, 0.25) is 0 Å².